The SMILES string of the molecule is CC(O)(CNC(=O)N1CC=CCC1)CC(=O)O. The van der Waals surface area contributed by atoms with Gasteiger partial charge in [0.15, 0.2) is 0 Å². The van der Waals surface area contributed by atoms with E-state index in [0.717, 1.165) is 6.42 Å². The van der Waals surface area contributed by atoms with Crippen molar-refractivity contribution in [2.75, 3.05) is 19.6 Å². The lowest BCUT2D eigenvalue weighted by Crippen LogP contribution is -2.48. The fourth-order valence-electron chi connectivity index (χ4n) is 1.59. The summed E-state index contributed by atoms with van der Waals surface area (Å²) in [4.78, 5) is 23.7. The number of urea groups is 1. The molecule has 1 aliphatic rings. The van der Waals surface area contributed by atoms with Crippen LogP contribution >= 0.6 is 0 Å². The van der Waals surface area contributed by atoms with Gasteiger partial charge in [-0.15, -0.1) is 0 Å². The van der Waals surface area contributed by atoms with Gasteiger partial charge in [-0.05, 0) is 13.3 Å². The lowest BCUT2D eigenvalue weighted by molar-refractivity contribution is -0.141. The molecule has 0 aromatic carbocycles. The van der Waals surface area contributed by atoms with Crippen LogP contribution in [0.4, 0.5) is 4.79 Å². The summed E-state index contributed by atoms with van der Waals surface area (Å²) < 4.78 is 0. The van der Waals surface area contributed by atoms with Crippen LogP contribution in [0.1, 0.15) is 19.8 Å². The molecule has 0 saturated carbocycles. The van der Waals surface area contributed by atoms with Crippen molar-refractivity contribution in [3.05, 3.63) is 12.2 Å². The lowest BCUT2D eigenvalue weighted by atomic mass is 10.0. The number of nitrogens with one attached hydrogen (secondary N) is 1. The highest BCUT2D eigenvalue weighted by molar-refractivity contribution is 5.75. The first-order chi connectivity index (χ1) is 7.91. The molecule has 1 rings (SSSR count). The maximum absolute atomic E-state index is 11.7. The number of rotatable bonds is 4. The van der Waals surface area contributed by atoms with E-state index in [1.807, 2.05) is 12.2 Å². The van der Waals surface area contributed by atoms with E-state index in [0.29, 0.717) is 13.1 Å². The van der Waals surface area contributed by atoms with E-state index < -0.39 is 18.0 Å². The Kier molecular flexibility index (Phi) is 4.51. The zero-order chi connectivity index (χ0) is 12.9. The second-order valence-electron chi connectivity index (χ2n) is 4.43. The van der Waals surface area contributed by atoms with Crippen LogP contribution in [0.2, 0.25) is 0 Å². The molecule has 6 nitrogen and oxygen atoms in total. The number of aliphatic hydroxyl groups is 1. The molecule has 0 aromatic heterocycles. The number of hydrogen-bond acceptors (Lipinski definition) is 3. The van der Waals surface area contributed by atoms with Crippen molar-refractivity contribution < 1.29 is 19.8 Å². The Labute approximate surface area is 99.9 Å². The highest BCUT2D eigenvalue weighted by atomic mass is 16.4. The monoisotopic (exact) mass is 242 g/mol. The minimum Gasteiger partial charge on any atom is -0.481 e. The zero-order valence-corrected chi connectivity index (χ0v) is 9.85. The molecule has 17 heavy (non-hydrogen) atoms. The first-order valence-electron chi connectivity index (χ1n) is 5.53. The molecule has 2 amide bonds. The largest absolute Gasteiger partial charge is 0.481 e. The van der Waals surface area contributed by atoms with Gasteiger partial charge in [0.25, 0.3) is 0 Å². The highest BCUT2D eigenvalue weighted by Gasteiger charge is 2.25. The van der Waals surface area contributed by atoms with Crippen LogP contribution in [0.15, 0.2) is 12.2 Å². The van der Waals surface area contributed by atoms with E-state index in [2.05, 4.69) is 5.32 Å². The van der Waals surface area contributed by atoms with Crippen LogP contribution in [0.3, 0.4) is 0 Å². The number of carbonyl (C=O) groups is 2. The number of nitrogens with zero attached hydrogens (tertiary/aromatic N) is 1. The average Bonchev–Trinajstić information content (AvgIpc) is 2.25. The van der Waals surface area contributed by atoms with Crippen LogP contribution in [0, 0.1) is 0 Å². The number of carboxylic acid groups (broad SMARTS) is 1. The van der Waals surface area contributed by atoms with Crippen molar-refractivity contribution in [2.24, 2.45) is 0 Å². The third-order valence-corrected chi connectivity index (χ3v) is 2.50. The summed E-state index contributed by atoms with van der Waals surface area (Å²) in [6.45, 7) is 2.51. The highest BCUT2D eigenvalue weighted by Crippen LogP contribution is 2.08. The van der Waals surface area contributed by atoms with E-state index in [9.17, 15) is 14.7 Å². The summed E-state index contributed by atoms with van der Waals surface area (Å²) >= 11 is 0. The number of hydrogen-bond donors (Lipinski definition) is 3. The van der Waals surface area contributed by atoms with Crippen LogP contribution in [-0.4, -0.2) is 52.3 Å². The van der Waals surface area contributed by atoms with Crippen molar-refractivity contribution >= 4 is 12.0 Å². The second-order valence-corrected chi connectivity index (χ2v) is 4.43. The van der Waals surface area contributed by atoms with Crippen LogP contribution < -0.4 is 5.32 Å². The van der Waals surface area contributed by atoms with Gasteiger partial charge in [-0.3, -0.25) is 4.79 Å². The molecule has 1 aliphatic heterocycles. The Bertz CT molecular complexity index is 325. The summed E-state index contributed by atoms with van der Waals surface area (Å²) in [6.07, 6.45) is 4.33. The van der Waals surface area contributed by atoms with Gasteiger partial charge in [-0.25, -0.2) is 4.79 Å². The van der Waals surface area contributed by atoms with Crippen molar-refractivity contribution in [2.45, 2.75) is 25.4 Å². The molecule has 6 heteroatoms. The molecule has 3 N–H and O–H groups in total. The molecule has 0 spiro atoms. The third-order valence-electron chi connectivity index (χ3n) is 2.50. The Morgan fingerprint density at radius 3 is 2.71 bits per heavy atom. The topological polar surface area (TPSA) is 89.9 Å². The Morgan fingerprint density at radius 1 is 1.47 bits per heavy atom. The minimum atomic E-state index is -1.42. The average molecular weight is 242 g/mol. The molecule has 1 heterocycles. The van der Waals surface area contributed by atoms with E-state index in [-0.39, 0.29) is 12.6 Å². The van der Waals surface area contributed by atoms with E-state index in [1.54, 1.807) is 4.90 Å². The summed E-state index contributed by atoms with van der Waals surface area (Å²) in [5.41, 5.74) is -1.42. The molecule has 0 saturated heterocycles. The number of aliphatic carboxylic acids is 1. The predicted octanol–water partition coefficient (Wildman–Crippen LogP) is 0.184. The van der Waals surface area contributed by atoms with Gasteiger partial charge in [0.1, 0.15) is 0 Å². The molecule has 0 radical (unpaired) electrons. The molecule has 1 unspecified atom stereocenters. The summed E-state index contributed by atoms with van der Waals surface area (Å²) in [6, 6.07) is -0.278. The van der Waals surface area contributed by atoms with Gasteiger partial charge in [-0.1, -0.05) is 12.2 Å². The quantitative estimate of drug-likeness (QED) is 0.614. The molecular weight excluding hydrogens is 224 g/mol. The smallest absolute Gasteiger partial charge is 0.317 e. The lowest BCUT2D eigenvalue weighted by Gasteiger charge is -2.27. The fraction of sp³-hybridized carbons (Fsp3) is 0.636. The number of carbonyl (C=O) groups excluding carboxylic acids is 1. The van der Waals surface area contributed by atoms with Gasteiger partial charge in [0.2, 0.25) is 0 Å². The molecule has 96 valence electrons. The molecule has 1 atom stereocenters. The maximum Gasteiger partial charge on any atom is 0.317 e. The van der Waals surface area contributed by atoms with Gasteiger partial charge in [-0.2, -0.15) is 0 Å². The number of amides is 2. The van der Waals surface area contributed by atoms with Crippen molar-refractivity contribution in [3.8, 4) is 0 Å². The van der Waals surface area contributed by atoms with Gasteiger partial charge >= 0.3 is 12.0 Å². The summed E-state index contributed by atoms with van der Waals surface area (Å²) in [7, 11) is 0. The van der Waals surface area contributed by atoms with Crippen LogP contribution in [-0.2, 0) is 4.79 Å². The molecule has 0 aromatic rings. The first-order valence-corrected chi connectivity index (χ1v) is 5.53. The number of carboxylic acids is 1. The van der Waals surface area contributed by atoms with Crippen molar-refractivity contribution in [1.82, 2.24) is 10.2 Å². The normalized spacial score (nSPS) is 18.6. The zero-order valence-electron chi connectivity index (χ0n) is 9.85. The Hall–Kier alpha value is -1.56. The standard InChI is InChI=1S/C11H18N2O4/c1-11(17,7-9(14)15)8-12-10(16)13-5-3-2-4-6-13/h2-3,17H,4-8H2,1H3,(H,12,16)(H,14,15). The second kappa shape index (κ2) is 5.67. The van der Waals surface area contributed by atoms with Gasteiger partial charge in [0, 0.05) is 19.6 Å². The first kappa shape index (κ1) is 13.5. The molecule has 0 aliphatic carbocycles. The fourth-order valence-corrected chi connectivity index (χ4v) is 1.59. The minimum absolute atomic E-state index is 0.0711. The maximum atomic E-state index is 11.7. The molecule has 0 bridgehead atoms. The van der Waals surface area contributed by atoms with Crippen molar-refractivity contribution in [3.63, 3.8) is 0 Å². The third kappa shape index (κ3) is 4.86. The molecule has 0 fully saturated rings. The van der Waals surface area contributed by atoms with E-state index >= 15 is 0 Å². The molecular formula is C11H18N2O4. The van der Waals surface area contributed by atoms with Crippen molar-refractivity contribution in [1.29, 1.82) is 0 Å². The van der Waals surface area contributed by atoms with Crippen LogP contribution in [0.5, 0.6) is 0 Å². The Balaban J connectivity index is 2.36. The summed E-state index contributed by atoms with van der Waals surface area (Å²) in [5, 5.41) is 20.8. The van der Waals surface area contributed by atoms with Gasteiger partial charge < -0.3 is 20.4 Å². The van der Waals surface area contributed by atoms with Crippen LogP contribution in [0.25, 0.3) is 0 Å². The van der Waals surface area contributed by atoms with E-state index in [1.165, 1.54) is 6.92 Å². The summed E-state index contributed by atoms with van der Waals surface area (Å²) in [5.74, 6) is -1.09. The van der Waals surface area contributed by atoms with Gasteiger partial charge in [0.05, 0.1) is 12.0 Å². The predicted molar refractivity (Wildman–Crippen MR) is 61.6 cm³/mol. The van der Waals surface area contributed by atoms with E-state index in [4.69, 9.17) is 5.11 Å². The Morgan fingerprint density at radius 2 is 2.18 bits per heavy atom.